The van der Waals surface area contributed by atoms with Gasteiger partial charge in [-0.1, -0.05) is 38.1 Å². The summed E-state index contributed by atoms with van der Waals surface area (Å²) in [5.41, 5.74) is 8.24. The van der Waals surface area contributed by atoms with Gasteiger partial charge in [0.1, 0.15) is 35.5 Å². The Hall–Kier alpha value is -4.90. The van der Waals surface area contributed by atoms with Crippen molar-refractivity contribution in [3.8, 4) is 34.8 Å². The summed E-state index contributed by atoms with van der Waals surface area (Å²) < 4.78 is 28.2. The molecule has 0 spiro atoms. The molecule has 0 bridgehead atoms. The smallest absolute Gasteiger partial charge is 0.343 e. The van der Waals surface area contributed by atoms with Crippen molar-refractivity contribution in [1.29, 1.82) is 5.26 Å². The lowest BCUT2D eigenvalue weighted by Gasteiger charge is -2.27. The van der Waals surface area contributed by atoms with Crippen molar-refractivity contribution in [3.63, 3.8) is 0 Å². The Balaban J connectivity index is 1.58. The number of carbonyl (C=O) groups is 1. The molecule has 200 valence electrons. The van der Waals surface area contributed by atoms with Crippen LogP contribution in [-0.2, 0) is 0 Å². The lowest BCUT2D eigenvalue weighted by atomic mass is 9.83. The van der Waals surface area contributed by atoms with Crippen molar-refractivity contribution >= 4 is 5.97 Å². The molecule has 1 unspecified atom stereocenters. The molecule has 2 N–H and O–H groups in total. The van der Waals surface area contributed by atoms with E-state index in [1.807, 2.05) is 6.07 Å². The topological polar surface area (TPSA) is 113 Å². The molecule has 0 amide bonds. The van der Waals surface area contributed by atoms with E-state index in [2.05, 4.69) is 19.6 Å². The molecule has 1 atom stereocenters. The molecule has 4 rings (SSSR count). The van der Waals surface area contributed by atoms with Gasteiger partial charge in [-0.3, -0.25) is 0 Å². The van der Waals surface area contributed by atoms with Gasteiger partial charge < -0.3 is 29.4 Å². The van der Waals surface area contributed by atoms with E-state index in [0.29, 0.717) is 47.3 Å². The Labute approximate surface area is 227 Å². The number of carbonyl (C=O) groups excluding carboxylic acids is 1. The number of esters is 1. The summed E-state index contributed by atoms with van der Waals surface area (Å²) in [5.74, 6) is 1.34. The third-order valence-corrected chi connectivity index (χ3v) is 6.14. The predicted octanol–water partition coefficient (Wildman–Crippen LogP) is 5.88. The van der Waals surface area contributed by atoms with E-state index < -0.39 is 11.9 Å². The molecule has 8 heteroatoms. The largest absolute Gasteiger partial charge is 0.494 e. The molecule has 39 heavy (non-hydrogen) atoms. The van der Waals surface area contributed by atoms with Crippen LogP contribution in [0.15, 0.2) is 84.8 Å². The number of benzene rings is 3. The summed E-state index contributed by atoms with van der Waals surface area (Å²) in [4.78, 5) is 12.8. The zero-order valence-corrected chi connectivity index (χ0v) is 21.9. The Bertz CT molecular complexity index is 1420. The van der Waals surface area contributed by atoms with Crippen LogP contribution in [0, 0.1) is 11.3 Å². The molecular weight excluding hydrogens is 496 g/mol. The number of fused-ring (bicyclic) bond motifs is 1. The summed E-state index contributed by atoms with van der Waals surface area (Å²) in [6.45, 7) is 6.71. The van der Waals surface area contributed by atoms with Crippen LogP contribution in [0.4, 0.5) is 0 Å². The number of nitrogens with zero attached hydrogens (tertiary/aromatic N) is 1. The fourth-order valence-corrected chi connectivity index (χ4v) is 4.16. The minimum atomic E-state index is -0.525. The van der Waals surface area contributed by atoms with Crippen molar-refractivity contribution in [2.24, 2.45) is 5.73 Å². The average Bonchev–Trinajstić information content (AvgIpc) is 2.95. The molecule has 0 radical (unpaired) electrons. The second-order valence-corrected chi connectivity index (χ2v) is 8.75. The molecule has 3 aromatic carbocycles. The standard InChI is InChI=1S/C31H30N2O6/c1-4-6-16-36-22-10-7-20(8-11-22)31(34)38-23-12-13-24-27(18-23)39-30(33)25(19-32)29(24)21-9-14-26(37-15-5-2)28(17-21)35-3/h5,7-14,17-18,29H,2,4,6,15-16,33H2,1,3H3. The fourth-order valence-electron chi connectivity index (χ4n) is 4.16. The van der Waals surface area contributed by atoms with Gasteiger partial charge in [-0.15, -0.1) is 0 Å². The van der Waals surface area contributed by atoms with Crippen LogP contribution >= 0.6 is 0 Å². The number of hydrogen-bond donors (Lipinski definition) is 1. The molecule has 0 aliphatic carbocycles. The van der Waals surface area contributed by atoms with E-state index >= 15 is 0 Å². The third kappa shape index (κ3) is 6.16. The van der Waals surface area contributed by atoms with E-state index in [-0.39, 0.29) is 17.2 Å². The van der Waals surface area contributed by atoms with Gasteiger partial charge >= 0.3 is 5.97 Å². The van der Waals surface area contributed by atoms with Crippen molar-refractivity contribution in [3.05, 3.63) is 101 Å². The molecule has 3 aromatic rings. The third-order valence-electron chi connectivity index (χ3n) is 6.14. The maximum absolute atomic E-state index is 12.8. The van der Waals surface area contributed by atoms with Crippen LogP contribution in [0.5, 0.6) is 28.7 Å². The van der Waals surface area contributed by atoms with Gasteiger partial charge in [0, 0.05) is 11.6 Å². The van der Waals surface area contributed by atoms with Crippen molar-refractivity contribution in [2.75, 3.05) is 20.3 Å². The molecule has 1 aliphatic rings. The maximum atomic E-state index is 12.8. The first kappa shape index (κ1) is 27.1. The number of rotatable bonds is 11. The first-order valence-corrected chi connectivity index (χ1v) is 12.6. The Morgan fingerprint density at radius 3 is 2.54 bits per heavy atom. The molecule has 0 fully saturated rings. The normalized spacial score (nSPS) is 13.9. The quantitative estimate of drug-likeness (QED) is 0.143. The molecule has 0 aromatic heterocycles. The second kappa shape index (κ2) is 12.6. The van der Waals surface area contributed by atoms with Gasteiger partial charge in [0.2, 0.25) is 5.88 Å². The van der Waals surface area contributed by atoms with E-state index in [9.17, 15) is 10.1 Å². The fraction of sp³-hybridized carbons (Fsp3) is 0.226. The molecule has 1 heterocycles. The van der Waals surface area contributed by atoms with Crippen molar-refractivity contribution in [2.45, 2.75) is 25.7 Å². The zero-order valence-electron chi connectivity index (χ0n) is 21.9. The lowest BCUT2D eigenvalue weighted by molar-refractivity contribution is 0.0734. The molecule has 0 saturated heterocycles. The molecule has 0 saturated carbocycles. The number of methoxy groups -OCH3 is 1. The highest BCUT2D eigenvalue weighted by Crippen LogP contribution is 2.45. The number of ether oxygens (including phenoxy) is 5. The maximum Gasteiger partial charge on any atom is 0.343 e. The van der Waals surface area contributed by atoms with E-state index in [1.54, 1.807) is 67.8 Å². The second-order valence-electron chi connectivity index (χ2n) is 8.75. The molecule has 1 aliphatic heterocycles. The summed E-state index contributed by atoms with van der Waals surface area (Å²) in [6.07, 6.45) is 3.64. The first-order chi connectivity index (χ1) is 19.0. The van der Waals surface area contributed by atoms with Crippen LogP contribution in [0.3, 0.4) is 0 Å². The first-order valence-electron chi connectivity index (χ1n) is 12.6. The summed E-state index contributed by atoms with van der Waals surface area (Å²) in [7, 11) is 1.54. The van der Waals surface area contributed by atoms with Gasteiger partial charge in [0.25, 0.3) is 0 Å². The van der Waals surface area contributed by atoms with Crippen LogP contribution in [0.25, 0.3) is 0 Å². The van der Waals surface area contributed by atoms with E-state index in [4.69, 9.17) is 29.4 Å². The van der Waals surface area contributed by atoms with Gasteiger partial charge in [-0.05, 0) is 54.4 Å². The lowest BCUT2D eigenvalue weighted by Crippen LogP contribution is -2.21. The van der Waals surface area contributed by atoms with Crippen LogP contribution in [0.2, 0.25) is 0 Å². The van der Waals surface area contributed by atoms with Crippen LogP contribution < -0.4 is 29.4 Å². The van der Waals surface area contributed by atoms with Crippen molar-refractivity contribution < 1.29 is 28.5 Å². The Kier molecular flexibility index (Phi) is 8.75. The van der Waals surface area contributed by atoms with E-state index in [0.717, 1.165) is 18.4 Å². The predicted molar refractivity (Wildman–Crippen MR) is 146 cm³/mol. The van der Waals surface area contributed by atoms with Gasteiger partial charge in [0.15, 0.2) is 11.5 Å². The van der Waals surface area contributed by atoms with Crippen LogP contribution in [-0.4, -0.2) is 26.3 Å². The monoisotopic (exact) mass is 526 g/mol. The van der Waals surface area contributed by atoms with Crippen molar-refractivity contribution in [1.82, 2.24) is 0 Å². The zero-order chi connectivity index (χ0) is 27.8. The number of nitriles is 1. The summed E-state index contributed by atoms with van der Waals surface area (Å²) >= 11 is 0. The minimum absolute atomic E-state index is 0.0249. The number of unbranched alkanes of at least 4 members (excludes halogenated alkanes) is 1. The molecule has 8 nitrogen and oxygen atoms in total. The Morgan fingerprint density at radius 2 is 1.85 bits per heavy atom. The highest BCUT2D eigenvalue weighted by Gasteiger charge is 2.32. The summed E-state index contributed by atoms with van der Waals surface area (Å²) in [6, 6.07) is 19.4. The van der Waals surface area contributed by atoms with Gasteiger partial charge in [-0.25, -0.2) is 4.79 Å². The van der Waals surface area contributed by atoms with Gasteiger partial charge in [0.05, 0.1) is 25.2 Å². The number of allylic oxidation sites excluding steroid dienone is 1. The average molecular weight is 527 g/mol. The highest BCUT2D eigenvalue weighted by atomic mass is 16.5. The SMILES string of the molecule is C=CCOc1ccc(C2C(C#N)=C(N)Oc3cc(OC(=O)c4ccc(OCCCC)cc4)ccc32)cc1OC. The van der Waals surface area contributed by atoms with E-state index in [1.165, 1.54) is 0 Å². The summed E-state index contributed by atoms with van der Waals surface area (Å²) in [5, 5.41) is 9.88. The highest BCUT2D eigenvalue weighted by molar-refractivity contribution is 5.91. The Morgan fingerprint density at radius 1 is 1.08 bits per heavy atom. The van der Waals surface area contributed by atoms with Gasteiger partial charge in [-0.2, -0.15) is 5.26 Å². The molecular formula is C31H30N2O6. The number of hydrogen-bond acceptors (Lipinski definition) is 8. The number of nitrogens with two attached hydrogens (primary N) is 1. The minimum Gasteiger partial charge on any atom is -0.494 e. The van der Waals surface area contributed by atoms with Crippen LogP contribution in [0.1, 0.15) is 47.2 Å².